The minimum Gasteiger partial charge on any atom is -0.372 e. The lowest BCUT2D eigenvalue weighted by atomic mass is 9.65. The number of morpholine rings is 1. The topological polar surface area (TPSA) is 75.7 Å². The van der Waals surface area contributed by atoms with Gasteiger partial charge in [-0.3, -0.25) is 19.7 Å². The third-order valence-corrected chi connectivity index (χ3v) is 6.02. The molecule has 6 nitrogen and oxygen atoms in total. The fraction of sp³-hybridized carbons (Fsp3) is 0.526. The van der Waals surface area contributed by atoms with Crippen LogP contribution in [0, 0.1) is 11.2 Å². The van der Waals surface area contributed by atoms with Gasteiger partial charge in [0, 0.05) is 19.2 Å². The van der Waals surface area contributed by atoms with Crippen molar-refractivity contribution in [1.82, 2.24) is 5.32 Å². The number of imide groups is 1. The molecular weight excluding hydrogens is 419 g/mol. The van der Waals surface area contributed by atoms with Gasteiger partial charge >= 0.3 is 0 Å². The molecule has 2 amide bonds. The fourth-order valence-electron chi connectivity index (χ4n) is 4.41. The Morgan fingerprint density at radius 2 is 1.96 bits per heavy atom. The smallest absolute Gasteiger partial charge is 0.242 e. The molecule has 0 aromatic heterocycles. The Morgan fingerprint density at radius 3 is 2.56 bits per heavy atom. The normalized spacial score (nSPS) is 29.6. The van der Waals surface area contributed by atoms with E-state index in [0.29, 0.717) is 17.8 Å². The molecule has 2 aliphatic rings. The van der Waals surface area contributed by atoms with E-state index in [-0.39, 0.29) is 22.8 Å². The van der Waals surface area contributed by atoms with Crippen LogP contribution in [0.4, 0.5) is 10.1 Å². The van der Waals surface area contributed by atoms with Gasteiger partial charge in [-0.2, -0.15) is 0 Å². The van der Waals surface area contributed by atoms with Crippen molar-refractivity contribution in [3.8, 4) is 0 Å². The highest BCUT2D eigenvalue weighted by molar-refractivity contribution is 9.10. The highest BCUT2D eigenvalue weighted by Crippen LogP contribution is 2.47. The van der Waals surface area contributed by atoms with Crippen molar-refractivity contribution in [1.29, 1.82) is 0 Å². The molecule has 2 aliphatic heterocycles. The largest absolute Gasteiger partial charge is 0.372 e. The second-order valence-electron chi connectivity index (χ2n) is 7.36. The van der Waals surface area contributed by atoms with E-state index >= 15 is 0 Å². The van der Waals surface area contributed by atoms with Crippen molar-refractivity contribution >= 4 is 39.2 Å². The summed E-state index contributed by atoms with van der Waals surface area (Å²) in [5.41, 5.74) is -0.180. The summed E-state index contributed by atoms with van der Waals surface area (Å²) in [6.45, 7) is 6.68. The summed E-state index contributed by atoms with van der Waals surface area (Å²) in [6.07, 6.45) is -0.552. The van der Waals surface area contributed by atoms with E-state index in [1.165, 1.54) is 19.9 Å². The lowest BCUT2D eigenvalue weighted by Crippen LogP contribution is -2.69. The van der Waals surface area contributed by atoms with Crippen LogP contribution in [-0.2, 0) is 25.5 Å². The number of ether oxygens (including phenoxy) is 1. The van der Waals surface area contributed by atoms with Gasteiger partial charge in [0.1, 0.15) is 17.0 Å². The fourth-order valence-corrected chi connectivity index (χ4v) is 4.80. The predicted octanol–water partition coefficient (Wildman–Crippen LogP) is 2.36. The van der Waals surface area contributed by atoms with E-state index in [4.69, 9.17) is 4.74 Å². The number of benzene rings is 1. The molecule has 1 aromatic rings. The number of halogens is 2. The molecule has 1 N–H and O–H groups in total. The maximum absolute atomic E-state index is 14.2. The van der Waals surface area contributed by atoms with Crippen LogP contribution in [0.1, 0.15) is 33.3 Å². The second kappa shape index (κ2) is 6.98. The van der Waals surface area contributed by atoms with Crippen LogP contribution >= 0.6 is 15.9 Å². The lowest BCUT2D eigenvalue weighted by molar-refractivity contribution is -0.151. The Balaban J connectivity index is 2.24. The van der Waals surface area contributed by atoms with Crippen molar-refractivity contribution in [2.45, 2.75) is 52.4 Å². The number of anilines is 1. The summed E-state index contributed by atoms with van der Waals surface area (Å²) in [5, 5.41) is 2.29. The van der Waals surface area contributed by atoms with E-state index in [1.54, 1.807) is 13.0 Å². The van der Waals surface area contributed by atoms with Crippen molar-refractivity contribution in [2.24, 2.45) is 5.41 Å². The molecule has 3 rings (SSSR count). The molecule has 1 fully saturated rings. The van der Waals surface area contributed by atoms with E-state index < -0.39 is 35.2 Å². The maximum atomic E-state index is 14.2. The van der Waals surface area contributed by atoms with E-state index in [9.17, 15) is 18.8 Å². The van der Waals surface area contributed by atoms with E-state index in [1.807, 2.05) is 11.8 Å². The molecule has 8 heteroatoms. The molecule has 2 heterocycles. The number of ketones is 1. The van der Waals surface area contributed by atoms with Crippen LogP contribution in [0.5, 0.6) is 0 Å². The first kappa shape index (κ1) is 19.9. The van der Waals surface area contributed by atoms with Gasteiger partial charge in [0.2, 0.25) is 11.8 Å². The van der Waals surface area contributed by atoms with Crippen LogP contribution < -0.4 is 10.2 Å². The predicted molar refractivity (Wildman–Crippen MR) is 101 cm³/mol. The number of fused-ring (bicyclic) bond motifs is 3. The number of Topliss-reactive ketones (excluding diaryl/α,β-unsaturated/α-hetero) is 1. The molecule has 0 spiro atoms. The minimum atomic E-state index is -1.50. The van der Waals surface area contributed by atoms with Gasteiger partial charge in [-0.15, -0.1) is 0 Å². The molecule has 27 heavy (non-hydrogen) atoms. The van der Waals surface area contributed by atoms with Crippen molar-refractivity contribution in [2.75, 3.05) is 11.4 Å². The van der Waals surface area contributed by atoms with Gasteiger partial charge < -0.3 is 9.64 Å². The number of nitrogens with one attached hydrogen (secondary N) is 1. The van der Waals surface area contributed by atoms with Gasteiger partial charge in [0.05, 0.1) is 22.7 Å². The highest BCUT2D eigenvalue weighted by atomic mass is 79.9. The zero-order valence-corrected chi connectivity index (χ0v) is 17.2. The first-order chi connectivity index (χ1) is 12.6. The van der Waals surface area contributed by atoms with Crippen LogP contribution in [-0.4, -0.2) is 42.4 Å². The molecule has 0 bridgehead atoms. The van der Waals surface area contributed by atoms with Crippen molar-refractivity contribution in [3.63, 3.8) is 0 Å². The van der Waals surface area contributed by atoms with E-state index in [2.05, 4.69) is 21.2 Å². The second-order valence-corrected chi connectivity index (χ2v) is 8.21. The zero-order chi connectivity index (χ0) is 20.1. The van der Waals surface area contributed by atoms with Crippen molar-refractivity contribution in [3.05, 3.63) is 28.0 Å². The summed E-state index contributed by atoms with van der Waals surface area (Å²) in [5.74, 6) is -1.94. The Kier molecular flexibility index (Phi) is 5.16. The number of nitrogens with zero attached hydrogens (tertiary/aromatic N) is 1. The summed E-state index contributed by atoms with van der Waals surface area (Å²) >= 11 is 3.18. The molecule has 4 atom stereocenters. The Labute approximate surface area is 165 Å². The number of rotatable bonds is 2. The number of carbonyl (C=O) groups excluding carboxylic acids is 3. The molecular formula is C19H22BrFN2O4. The van der Waals surface area contributed by atoms with Crippen LogP contribution in [0.3, 0.4) is 0 Å². The summed E-state index contributed by atoms with van der Waals surface area (Å²) in [4.78, 5) is 39.4. The van der Waals surface area contributed by atoms with Gasteiger partial charge in [0.15, 0.2) is 0 Å². The van der Waals surface area contributed by atoms with Crippen LogP contribution in [0.25, 0.3) is 0 Å². The third-order valence-electron chi connectivity index (χ3n) is 5.41. The first-order valence-electron chi connectivity index (χ1n) is 8.81. The minimum absolute atomic E-state index is 0.0684. The number of amides is 2. The number of carbonyl (C=O) groups is 3. The van der Waals surface area contributed by atoms with Gasteiger partial charge in [-0.05, 0) is 60.8 Å². The average Bonchev–Trinajstić information content (AvgIpc) is 2.54. The van der Waals surface area contributed by atoms with Gasteiger partial charge in [0.25, 0.3) is 0 Å². The summed E-state index contributed by atoms with van der Waals surface area (Å²) in [6, 6.07) is 2.38. The first-order valence-corrected chi connectivity index (χ1v) is 9.60. The standard InChI is InChI=1S/C19H22BrFN2O4/c1-9-8-23-16-6-15(21)14(20)5-13(16)7-19(11(3)24,17(23)10(2)27-9)18(26)22-12(4)25/h5-6,9-10,17H,7-8H2,1-4H3,(H,22,25,26)/t9-,10+,17-,19+/m1/s1. The average molecular weight is 441 g/mol. The Hall–Kier alpha value is -1.80. The monoisotopic (exact) mass is 440 g/mol. The Morgan fingerprint density at radius 1 is 1.30 bits per heavy atom. The summed E-state index contributed by atoms with van der Waals surface area (Å²) in [7, 11) is 0. The quantitative estimate of drug-likeness (QED) is 0.714. The Bertz CT molecular complexity index is 830. The molecule has 0 unspecified atom stereocenters. The molecule has 0 aliphatic carbocycles. The van der Waals surface area contributed by atoms with Crippen LogP contribution in [0.15, 0.2) is 16.6 Å². The van der Waals surface area contributed by atoms with Gasteiger partial charge in [-0.1, -0.05) is 0 Å². The SMILES string of the molecule is CC(=O)NC(=O)[C@]1(C(C)=O)Cc2cc(Br)c(F)cc2N2C[C@@H](C)O[C@@H](C)[C@@H]21. The van der Waals surface area contributed by atoms with Crippen LogP contribution in [0.2, 0.25) is 0 Å². The molecule has 1 saturated heterocycles. The van der Waals surface area contributed by atoms with Crippen molar-refractivity contribution < 1.29 is 23.5 Å². The number of hydrogen-bond acceptors (Lipinski definition) is 5. The summed E-state index contributed by atoms with van der Waals surface area (Å²) < 4.78 is 20.4. The van der Waals surface area contributed by atoms with Gasteiger partial charge in [-0.25, -0.2) is 4.39 Å². The highest BCUT2D eigenvalue weighted by Gasteiger charge is 2.59. The lowest BCUT2D eigenvalue weighted by Gasteiger charge is -2.54. The molecule has 0 radical (unpaired) electrons. The molecule has 1 aromatic carbocycles. The van der Waals surface area contributed by atoms with E-state index in [0.717, 1.165) is 0 Å². The third kappa shape index (κ3) is 3.18. The molecule has 0 saturated carbocycles. The molecule has 146 valence electrons. The maximum Gasteiger partial charge on any atom is 0.242 e. The number of hydrogen-bond donors (Lipinski definition) is 1. The zero-order valence-electron chi connectivity index (χ0n) is 15.6.